The quantitative estimate of drug-likeness (QED) is 0.110. The summed E-state index contributed by atoms with van der Waals surface area (Å²) in [6.45, 7) is 1.71. The molecule has 0 fully saturated rings. The van der Waals surface area contributed by atoms with Crippen molar-refractivity contribution >= 4 is 60.2 Å². The van der Waals surface area contributed by atoms with Crippen molar-refractivity contribution in [3.8, 4) is 23.7 Å². The highest BCUT2D eigenvalue weighted by molar-refractivity contribution is 7.96. The van der Waals surface area contributed by atoms with Gasteiger partial charge in [0.2, 0.25) is 0 Å². The van der Waals surface area contributed by atoms with Gasteiger partial charge in [-0.05, 0) is 121 Å². The number of anilines is 2. The molecule has 0 atom stereocenters. The maximum atomic E-state index is 13.2. The lowest BCUT2D eigenvalue weighted by atomic mass is 9.98. The van der Waals surface area contributed by atoms with Crippen LogP contribution in [0.3, 0.4) is 0 Å². The van der Waals surface area contributed by atoms with E-state index in [-0.39, 0.29) is 16.0 Å². The Hall–Kier alpha value is -7.90. The lowest BCUT2D eigenvalue weighted by Gasteiger charge is -2.18. The first-order valence-corrected chi connectivity index (χ1v) is 22.5. The van der Waals surface area contributed by atoms with Crippen LogP contribution in [0.2, 0.25) is 0 Å². The Morgan fingerprint density at radius 2 is 1.13 bits per heavy atom. The summed E-state index contributed by atoms with van der Waals surface area (Å²) < 4.78 is 57.7. The third-order valence-electron chi connectivity index (χ3n) is 10.0. The Morgan fingerprint density at radius 3 is 1.79 bits per heavy atom. The standard InChI is InChI=1S/C26H19NO4S.C25H19NO4S/c1-18-17-19(14-16-22(18)26(28)29)13-15-21-8-3-5-11-24(21)27-32(30,31)25-12-6-9-20-7-2-4-10-23(20)25;27-25(28)21-13-10-18(11-14-21)9-12-20-6-3-4-8-24(20)26-31(29,30)23-16-15-19-5-1-2-7-22(19)17-23/h2-12,14,16-17,27H,1H3,(H,28,29);1-8,10-11,13-14,17,26H,15-16H2,(H,27,28). The number of aromatic carboxylic acids is 2. The van der Waals surface area contributed by atoms with Crippen LogP contribution in [0.15, 0.2) is 168 Å². The van der Waals surface area contributed by atoms with Crippen molar-refractivity contribution in [2.75, 3.05) is 9.44 Å². The second kappa shape index (κ2) is 18.8. The van der Waals surface area contributed by atoms with Crippen LogP contribution in [0.25, 0.3) is 16.8 Å². The summed E-state index contributed by atoms with van der Waals surface area (Å²) in [6, 6.07) is 45.1. The first kappa shape index (κ1) is 43.2. The monoisotopic (exact) mass is 870 g/mol. The van der Waals surface area contributed by atoms with E-state index in [1.807, 2.05) is 42.5 Å². The number of hydrogen-bond donors (Lipinski definition) is 4. The minimum atomic E-state index is -3.85. The van der Waals surface area contributed by atoms with E-state index in [4.69, 9.17) is 10.2 Å². The second-order valence-corrected chi connectivity index (χ2v) is 17.7. The highest BCUT2D eigenvalue weighted by Gasteiger charge is 2.23. The van der Waals surface area contributed by atoms with E-state index >= 15 is 0 Å². The molecular weight excluding hydrogens is 833 g/mol. The van der Waals surface area contributed by atoms with E-state index in [1.165, 1.54) is 18.2 Å². The van der Waals surface area contributed by atoms with E-state index in [9.17, 15) is 26.4 Å². The maximum absolute atomic E-state index is 13.2. The fourth-order valence-corrected chi connectivity index (χ4v) is 9.34. The number of rotatable bonds is 8. The van der Waals surface area contributed by atoms with Crippen molar-refractivity contribution < 1.29 is 36.6 Å². The van der Waals surface area contributed by atoms with Gasteiger partial charge in [0.25, 0.3) is 20.0 Å². The van der Waals surface area contributed by atoms with Crippen molar-refractivity contribution in [2.45, 2.75) is 24.7 Å². The molecule has 0 amide bonds. The van der Waals surface area contributed by atoms with Gasteiger partial charge < -0.3 is 10.2 Å². The van der Waals surface area contributed by atoms with E-state index in [0.29, 0.717) is 62.3 Å². The Labute approximate surface area is 365 Å². The maximum Gasteiger partial charge on any atom is 0.335 e. The van der Waals surface area contributed by atoms with Crippen LogP contribution < -0.4 is 9.44 Å². The molecule has 0 heterocycles. The number of sulfonamides is 2. The zero-order chi connectivity index (χ0) is 44.6. The fourth-order valence-electron chi connectivity index (χ4n) is 6.78. The lowest BCUT2D eigenvalue weighted by Crippen LogP contribution is -2.18. The van der Waals surface area contributed by atoms with Crippen molar-refractivity contribution in [1.29, 1.82) is 0 Å². The van der Waals surface area contributed by atoms with Crippen molar-refractivity contribution in [1.82, 2.24) is 0 Å². The summed E-state index contributed by atoms with van der Waals surface area (Å²) in [7, 11) is -7.57. The molecule has 4 N–H and O–H groups in total. The van der Waals surface area contributed by atoms with Gasteiger partial charge in [-0.15, -0.1) is 0 Å². The topological polar surface area (TPSA) is 167 Å². The largest absolute Gasteiger partial charge is 0.478 e. The van der Waals surface area contributed by atoms with Crippen LogP contribution in [0.4, 0.5) is 11.4 Å². The Kier molecular flexibility index (Phi) is 12.9. The highest BCUT2D eigenvalue weighted by atomic mass is 32.2. The minimum absolute atomic E-state index is 0.182. The smallest absolute Gasteiger partial charge is 0.335 e. The summed E-state index contributed by atoms with van der Waals surface area (Å²) in [4.78, 5) is 22.7. The van der Waals surface area contributed by atoms with Crippen molar-refractivity contribution in [3.63, 3.8) is 0 Å². The first-order chi connectivity index (χ1) is 30.3. The van der Waals surface area contributed by atoms with E-state index in [2.05, 4.69) is 33.1 Å². The first-order valence-electron chi connectivity index (χ1n) is 19.5. The van der Waals surface area contributed by atoms with Gasteiger partial charge >= 0.3 is 11.9 Å². The van der Waals surface area contributed by atoms with Crippen LogP contribution in [0, 0.1) is 30.6 Å². The predicted molar refractivity (Wildman–Crippen MR) is 246 cm³/mol. The van der Waals surface area contributed by atoms with Gasteiger partial charge in [-0.3, -0.25) is 9.44 Å². The summed E-state index contributed by atoms with van der Waals surface area (Å²) in [6.07, 6.45) is 2.84. The zero-order valence-electron chi connectivity index (χ0n) is 33.7. The number of aryl methyl sites for hydroxylation is 2. The Morgan fingerprint density at radius 1 is 0.556 bits per heavy atom. The van der Waals surface area contributed by atoms with E-state index in [0.717, 1.165) is 16.5 Å². The lowest BCUT2D eigenvalue weighted by molar-refractivity contribution is 0.0685. The number of para-hydroxylation sites is 2. The highest BCUT2D eigenvalue weighted by Crippen LogP contribution is 2.29. The minimum Gasteiger partial charge on any atom is -0.478 e. The number of carboxylic acids is 2. The van der Waals surface area contributed by atoms with Gasteiger partial charge in [0.1, 0.15) is 0 Å². The number of nitrogens with one attached hydrogen (secondary N) is 2. The third-order valence-corrected chi connectivity index (χ3v) is 12.9. The van der Waals surface area contributed by atoms with Crippen LogP contribution in [-0.4, -0.2) is 39.0 Å². The van der Waals surface area contributed by atoms with Gasteiger partial charge in [-0.25, -0.2) is 26.4 Å². The molecule has 0 aromatic heterocycles. The van der Waals surface area contributed by atoms with Gasteiger partial charge in [0.15, 0.2) is 0 Å². The third kappa shape index (κ3) is 10.5. The molecule has 0 saturated carbocycles. The molecule has 0 saturated heterocycles. The molecule has 0 unspecified atom stereocenters. The van der Waals surface area contributed by atoms with Gasteiger partial charge in [-0.2, -0.15) is 0 Å². The number of fused-ring (bicyclic) bond motifs is 2. The number of allylic oxidation sites excluding steroid dienone is 1. The predicted octanol–water partition coefficient (Wildman–Crippen LogP) is 9.56. The molecule has 312 valence electrons. The second-order valence-electron chi connectivity index (χ2n) is 14.3. The number of benzene rings is 7. The summed E-state index contributed by atoms with van der Waals surface area (Å²) >= 11 is 0. The van der Waals surface area contributed by atoms with Gasteiger partial charge in [0.05, 0.1) is 32.3 Å². The molecule has 0 aliphatic heterocycles. The number of carbonyl (C=O) groups is 2. The number of hydrogen-bond acceptors (Lipinski definition) is 6. The molecule has 0 bridgehead atoms. The molecule has 1 aliphatic rings. The molecule has 8 rings (SSSR count). The van der Waals surface area contributed by atoms with Crippen molar-refractivity contribution in [3.05, 3.63) is 213 Å². The molecule has 0 radical (unpaired) electrons. The molecule has 12 heteroatoms. The number of carboxylic acid groups (broad SMARTS) is 2. The van der Waals surface area contributed by atoms with Gasteiger partial charge in [0, 0.05) is 27.6 Å². The Bertz CT molecular complexity index is 3290. The van der Waals surface area contributed by atoms with Crippen LogP contribution >= 0.6 is 0 Å². The van der Waals surface area contributed by atoms with E-state index in [1.54, 1.807) is 110 Å². The van der Waals surface area contributed by atoms with Crippen LogP contribution in [0.5, 0.6) is 0 Å². The van der Waals surface area contributed by atoms with Crippen molar-refractivity contribution in [2.24, 2.45) is 0 Å². The van der Waals surface area contributed by atoms with Gasteiger partial charge in [-0.1, -0.05) is 109 Å². The van der Waals surface area contributed by atoms with Crippen LogP contribution in [-0.2, 0) is 26.5 Å². The summed E-state index contributed by atoms with van der Waals surface area (Å²) in [5.74, 6) is 9.92. The normalized spacial score (nSPS) is 11.8. The molecule has 10 nitrogen and oxygen atoms in total. The SMILES string of the molecule is Cc1cc(C#Cc2ccccc2NS(=O)(=O)c2cccc3ccccc23)ccc1C(=O)O.O=C(O)c1ccc(C#Cc2ccccc2NS(=O)(=O)C2=Cc3ccccc3CC2)cc1. The van der Waals surface area contributed by atoms with Crippen LogP contribution in [0.1, 0.15) is 66.1 Å². The summed E-state index contributed by atoms with van der Waals surface area (Å²) in [5.41, 5.74) is 6.15. The molecule has 1 aliphatic carbocycles. The molecular formula is C51H38N2O8S2. The zero-order valence-corrected chi connectivity index (χ0v) is 35.3. The Balaban J connectivity index is 0.000000189. The fraction of sp³-hybridized carbons (Fsp3) is 0.0588. The molecule has 63 heavy (non-hydrogen) atoms. The summed E-state index contributed by atoms with van der Waals surface area (Å²) in [5, 5.41) is 19.6. The molecule has 0 spiro atoms. The van der Waals surface area contributed by atoms with E-state index < -0.39 is 32.0 Å². The molecule has 7 aromatic carbocycles. The molecule has 7 aromatic rings. The average molecular weight is 871 g/mol. The average Bonchev–Trinajstić information content (AvgIpc) is 3.28.